The molecule has 0 saturated heterocycles. The van der Waals surface area contributed by atoms with Gasteiger partial charge in [-0.3, -0.25) is 48.1 Å². The van der Waals surface area contributed by atoms with Crippen molar-refractivity contribution < 1.29 is 68.4 Å². The van der Waals surface area contributed by atoms with E-state index >= 15 is 0 Å². The number of thiol groups is 1. The van der Waals surface area contributed by atoms with E-state index in [2.05, 4.69) is 75.4 Å². The fourth-order valence-corrected chi connectivity index (χ4v) is 8.02. The molecule has 2 aromatic rings. The predicted octanol–water partition coefficient (Wildman–Crippen LogP) is -5.27. The van der Waals surface area contributed by atoms with Gasteiger partial charge in [-0.05, 0) is 67.2 Å². The largest absolute Gasteiger partial charge is 0.508 e. The van der Waals surface area contributed by atoms with Crippen LogP contribution in [0, 0.1) is 11.8 Å². The number of amides is 9. The average molecular weight is 1150 g/mol. The number of thioether (sulfide) groups is 1. The first-order valence-electron chi connectivity index (χ1n) is 25.1. The Morgan fingerprint density at radius 3 is 1.77 bits per heavy atom. The minimum Gasteiger partial charge on any atom is -0.508 e. The van der Waals surface area contributed by atoms with Crippen LogP contribution in [0.25, 0.3) is 0 Å². The van der Waals surface area contributed by atoms with Crippen molar-refractivity contribution in [2.45, 2.75) is 121 Å². The molecule has 1 aromatic heterocycles. The molecule has 0 aliphatic carbocycles. The molecule has 20 N–H and O–H groups in total. The normalized spacial score (nSPS) is 14.5. The molecule has 0 radical (unpaired) electrons. The van der Waals surface area contributed by atoms with Crippen LogP contribution < -0.4 is 65.1 Å². The lowest BCUT2D eigenvalue weighted by Gasteiger charge is -2.28. The molecular weight excluding hydrogens is 1070 g/mol. The molecule has 0 unspecified atom stereocenters. The number of carbonyl (C=O) groups is 10. The van der Waals surface area contributed by atoms with Gasteiger partial charge in [0.1, 0.15) is 60.1 Å². The fourth-order valence-electron chi connectivity index (χ4n) is 7.30. The zero-order chi connectivity index (χ0) is 59.4. The van der Waals surface area contributed by atoms with Crippen LogP contribution in [0.2, 0.25) is 0 Å². The molecule has 0 fully saturated rings. The molecule has 0 saturated carbocycles. The zero-order valence-corrected chi connectivity index (χ0v) is 46.4. The molecule has 31 heteroatoms. The number of aliphatic hydroxyl groups excluding tert-OH is 2. The summed E-state index contributed by atoms with van der Waals surface area (Å²) in [6.07, 6.45) is 4.30. The van der Waals surface area contributed by atoms with Crippen LogP contribution in [0.5, 0.6) is 5.75 Å². The quantitative estimate of drug-likeness (QED) is 0.0131. The molecule has 1 aromatic carbocycles. The van der Waals surface area contributed by atoms with E-state index in [9.17, 15) is 68.4 Å². The second kappa shape index (κ2) is 35.3. The van der Waals surface area contributed by atoms with E-state index in [1.54, 1.807) is 34.0 Å². The summed E-state index contributed by atoms with van der Waals surface area (Å²) in [6, 6.07) is -6.75. The van der Waals surface area contributed by atoms with E-state index in [1.165, 1.54) is 48.6 Å². The monoisotopic (exact) mass is 1150 g/mol. The van der Waals surface area contributed by atoms with Gasteiger partial charge >= 0.3 is 5.97 Å². The number of aromatic amines is 1. The number of aliphatic carboxylic acids is 1. The van der Waals surface area contributed by atoms with Crippen molar-refractivity contribution in [1.29, 1.82) is 0 Å². The van der Waals surface area contributed by atoms with Gasteiger partial charge in [0.2, 0.25) is 53.2 Å². The number of aliphatic hydroxyl groups is 2. The Bertz CT molecular complexity index is 2360. The van der Waals surface area contributed by atoms with Gasteiger partial charge in [0.15, 0.2) is 5.96 Å². The average Bonchev–Trinajstić information content (AvgIpc) is 3.92. The number of hydrogen-bond donors (Lipinski definition) is 18. The molecule has 440 valence electrons. The number of nitrogens with zero attached hydrogens (tertiary/aromatic N) is 2. The van der Waals surface area contributed by atoms with Crippen molar-refractivity contribution in [1.82, 2.24) is 57.8 Å². The number of H-pyrrole nitrogens is 1. The highest BCUT2D eigenvalue weighted by Crippen LogP contribution is 2.14. The standard InChI is InChI=1S/C48H77N15O14S2/c1-24(2)15-32(59-44(73)35(21-65)61-45(74)36(22-78)62-39(68)29(49)20-64)42(71)57-30(7-6-13-53-48(50)51)41(70)63-38(25(3)4)46(75)54-19-37(67)56-33(16-26-8-10-28(66)11-9-26)43(72)58-31(12-14-79-5)40(69)60-34(47(76)77)17-27-18-52-23-55-27/h8-11,18,23-25,29-36,38,64-66,78H,6-7,12-17,19-22,49H2,1-5H3,(H,52,55)(H,54,75)(H,56,67)(H,57,71)(H,58,72)(H,59,73)(H,60,69)(H,61,74)(H,62,68)(H,63,70)(H,76,77)(H4,50,51,53)/t29-,30-,31-,32-,33-,34-,35-,36-,38-/m0/s1. The number of benzene rings is 1. The van der Waals surface area contributed by atoms with Crippen molar-refractivity contribution in [2.75, 3.05) is 44.1 Å². The molecule has 9 atom stereocenters. The van der Waals surface area contributed by atoms with Gasteiger partial charge in [0.05, 0.1) is 26.1 Å². The minimum atomic E-state index is -1.64. The molecule has 1 heterocycles. The van der Waals surface area contributed by atoms with Crippen LogP contribution in [0.3, 0.4) is 0 Å². The Morgan fingerprint density at radius 1 is 0.684 bits per heavy atom. The van der Waals surface area contributed by atoms with Gasteiger partial charge in [0, 0.05) is 37.0 Å². The molecule has 0 aliphatic rings. The maximum Gasteiger partial charge on any atom is 0.326 e. The Labute approximate surface area is 466 Å². The van der Waals surface area contributed by atoms with Crippen molar-refractivity contribution >= 4 is 89.5 Å². The maximum absolute atomic E-state index is 14.1. The lowest BCUT2D eigenvalue weighted by atomic mass is 10.0. The first-order valence-corrected chi connectivity index (χ1v) is 27.2. The van der Waals surface area contributed by atoms with Crippen LogP contribution in [0.15, 0.2) is 41.8 Å². The molecule has 0 spiro atoms. The Morgan fingerprint density at radius 2 is 1.23 bits per heavy atom. The van der Waals surface area contributed by atoms with E-state index in [0.717, 1.165) is 0 Å². The van der Waals surface area contributed by atoms with E-state index in [-0.39, 0.29) is 68.4 Å². The number of aromatic nitrogens is 2. The number of guanidine groups is 1. The number of hydrogen-bond acceptors (Lipinski definition) is 18. The summed E-state index contributed by atoms with van der Waals surface area (Å²) in [5.41, 5.74) is 17.4. The van der Waals surface area contributed by atoms with Crippen LogP contribution in [-0.4, -0.2) is 194 Å². The van der Waals surface area contributed by atoms with Crippen LogP contribution in [0.4, 0.5) is 0 Å². The van der Waals surface area contributed by atoms with Gasteiger partial charge in [-0.2, -0.15) is 24.4 Å². The van der Waals surface area contributed by atoms with Crippen molar-refractivity contribution in [3.8, 4) is 5.75 Å². The van der Waals surface area contributed by atoms with Crippen LogP contribution in [0.1, 0.15) is 64.6 Å². The SMILES string of the molecule is CSCC[C@H](NC(=O)[C@H](Cc1ccc(O)cc1)NC(=O)CNC(=O)[C@@H](NC(=O)[C@H](CCCN=C(N)N)NC(=O)[C@H](CC(C)C)NC(=O)[C@H](CO)NC(=O)[C@H](CS)NC(=O)[C@@H](N)CO)C(C)C)C(=O)N[C@@H](Cc1cnc[nH]1)C(=O)O. The third-order valence-electron chi connectivity index (χ3n) is 11.6. The summed E-state index contributed by atoms with van der Waals surface area (Å²) < 4.78 is 0. The Kier molecular flexibility index (Phi) is 30.4. The van der Waals surface area contributed by atoms with Crippen molar-refractivity contribution in [3.63, 3.8) is 0 Å². The second-order valence-electron chi connectivity index (χ2n) is 18.9. The molecule has 0 aliphatic heterocycles. The highest BCUT2D eigenvalue weighted by atomic mass is 32.2. The number of nitrogens with two attached hydrogens (primary N) is 3. The fraction of sp³-hybridized carbons (Fsp3) is 0.583. The number of carboxylic acids is 1. The van der Waals surface area contributed by atoms with Gasteiger partial charge in [-0.1, -0.05) is 39.8 Å². The highest BCUT2D eigenvalue weighted by Gasteiger charge is 2.35. The minimum absolute atomic E-state index is 0.00857. The Balaban J connectivity index is 2.31. The summed E-state index contributed by atoms with van der Waals surface area (Å²) >= 11 is 5.41. The second-order valence-corrected chi connectivity index (χ2v) is 20.3. The van der Waals surface area contributed by atoms with Gasteiger partial charge in [-0.25, -0.2) is 9.78 Å². The van der Waals surface area contributed by atoms with Crippen molar-refractivity contribution in [3.05, 3.63) is 48.0 Å². The topological polar surface area (TPSA) is 479 Å². The maximum atomic E-state index is 14.1. The number of aromatic hydroxyl groups is 1. The van der Waals surface area contributed by atoms with E-state index < -0.39 is 139 Å². The smallest absolute Gasteiger partial charge is 0.326 e. The number of rotatable bonds is 36. The number of phenolic OH excluding ortho intramolecular Hbond substituents is 1. The molecular formula is C48H77N15O14S2. The Hall–Kier alpha value is -7.22. The molecule has 9 amide bonds. The van der Waals surface area contributed by atoms with E-state index in [4.69, 9.17) is 17.2 Å². The highest BCUT2D eigenvalue weighted by molar-refractivity contribution is 7.98. The van der Waals surface area contributed by atoms with Crippen molar-refractivity contribution in [2.24, 2.45) is 34.0 Å². The van der Waals surface area contributed by atoms with E-state index in [1.807, 2.05) is 0 Å². The number of imidazole rings is 1. The van der Waals surface area contributed by atoms with Gasteiger partial charge < -0.3 is 90.5 Å². The lowest BCUT2D eigenvalue weighted by Crippen LogP contribution is -2.61. The number of carboxylic acid groups (broad SMARTS) is 1. The van der Waals surface area contributed by atoms with E-state index in [0.29, 0.717) is 17.0 Å². The molecule has 2 rings (SSSR count). The molecule has 79 heavy (non-hydrogen) atoms. The van der Waals surface area contributed by atoms with Gasteiger partial charge in [0.25, 0.3) is 0 Å². The molecule has 0 bridgehead atoms. The number of phenols is 1. The predicted molar refractivity (Wildman–Crippen MR) is 293 cm³/mol. The number of aliphatic imine (C=N–C) groups is 1. The number of carbonyl (C=O) groups excluding carboxylic acids is 9. The third-order valence-corrected chi connectivity index (χ3v) is 12.6. The van der Waals surface area contributed by atoms with Gasteiger partial charge in [-0.15, -0.1) is 0 Å². The lowest BCUT2D eigenvalue weighted by molar-refractivity contribution is -0.142. The summed E-state index contributed by atoms with van der Waals surface area (Å²) in [7, 11) is 0. The first kappa shape index (κ1) is 67.9. The third kappa shape index (κ3) is 25.0. The number of nitrogens with one attached hydrogen (secondary N) is 10. The summed E-state index contributed by atoms with van der Waals surface area (Å²) in [5.74, 6) is -10.4. The summed E-state index contributed by atoms with van der Waals surface area (Å²) in [4.78, 5) is 144. The van der Waals surface area contributed by atoms with Crippen LogP contribution in [-0.2, 0) is 60.8 Å². The summed E-state index contributed by atoms with van der Waals surface area (Å²) in [5, 5.41) is 61.4. The first-order chi connectivity index (χ1) is 37.3. The summed E-state index contributed by atoms with van der Waals surface area (Å²) in [6.45, 7) is 4.28. The van der Waals surface area contributed by atoms with Crippen LogP contribution >= 0.6 is 24.4 Å². The zero-order valence-electron chi connectivity index (χ0n) is 44.7. The molecule has 29 nitrogen and oxygen atoms in total.